The van der Waals surface area contributed by atoms with Crippen LogP contribution in [0.1, 0.15) is 45.3 Å². The van der Waals surface area contributed by atoms with E-state index in [2.05, 4.69) is 22.6 Å². The van der Waals surface area contributed by atoms with Crippen LogP contribution in [-0.4, -0.2) is 17.1 Å². The first kappa shape index (κ1) is 17.3. The zero-order valence-corrected chi connectivity index (χ0v) is 15.4. The summed E-state index contributed by atoms with van der Waals surface area (Å²) in [6.45, 7) is 4.24. The van der Waals surface area contributed by atoms with Crippen molar-refractivity contribution >= 4 is 5.91 Å². The Labute approximate surface area is 158 Å². The zero-order chi connectivity index (χ0) is 18.8. The first-order valence-electron chi connectivity index (χ1n) is 9.12. The highest BCUT2D eigenvalue weighted by molar-refractivity contribution is 5.92. The van der Waals surface area contributed by atoms with Crippen LogP contribution < -0.4 is 10.1 Å². The molecule has 1 aliphatic rings. The van der Waals surface area contributed by atoms with Gasteiger partial charge in [-0.3, -0.25) is 4.79 Å². The van der Waals surface area contributed by atoms with Gasteiger partial charge in [-0.2, -0.15) is 0 Å². The molecule has 1 fully saturated rings. The van der Waals surface area contributed by atoms with Gasteiger partial charge in [-0.1, -0.05) is 53.7 Å². The minimum atomic E-state index is -0.208. The predicted octanol–water partition coefficient (Wildman–Crippen LogP) is 4.16. The summed E-state index contributed by atoms with van der Waals surface area (Å²) in [4.78, 5) is 12.4. The van der Waals surface area contributed by atoms with E-state index in [9.17, 15) is 4.79 Å². The fraction of sp³-hybridized carbons (Fsp3) is 0.273. The molecule has 1 saturated carbocycles. The average Bonchev–Trinajstić information content (AvgIpc) is 3.26. The Morgan fingerprint density at radius 3 is 2.63 bits per heavy atom. The van der Waals surface area contributed by atoms with Crippen LogP contribution in [0, 0.1) is 13.8 Å². The number of rotatable bonds is 6. The molecule has 0 spiro atoms. The normalized spacial score (nSPS) is 18.1. The molecule has 27 heavy (non-hydrogen) atoms. The quantitative estimate of drug-likeness (QED) is 0.715. The van der Waals surface area contributed by atoms with Gasteiger partial charge in [0.1, 0.15) is 12.4 Å². The van der Waals surface area contributed by atoms with Gasteiger partial charge >= 0.3 is 0 Å². The lowest BCUT2D eigenvalue weighted by Crippen LogP contribution is -2.26. The summed E-state index contributed by atoms with van der Waals surface area (Å²) in [5.74, 6) is 1.54. The van der Waals surface area contributed by atoms with Gasteiger partial charge in [0.2, 0.25) is 0 Å². The molecule has 0 radical (unpaired) electrons. The van der Waals surface area contributed by atoms with Crippen molar-refractivity contribution in [2.75, 3.05) is 0 Å². The number of hydrogen-bond acceptors (Lipinski definition) is 4. The molecule has 2 atom stereocenters. The van der Waals surface area contributed by atoms with Crippen molar-refractivity contribution in [1.82, 2.24) is 10.5 Å². The molecule has 1 amide bonds. The second kappa shape index (κ2) is 7.27. The zero-order valence-electron chi connectivity index (χ0n) is 15.4. The lowest BCUT2D eigenvalue weighted by Gasteiger charge is -2.09. The summed E-state index contributed by atoms with van der Waals surface area (Å²) in [7, 11) is 0. The van der Waals surface area contributed by atoms with Crippen LogP contribution in [0.3, 0.4) is 0 Å². The lowest BCUT2D eigenvalue weighted by molar-refractivity contribution is 0.0941. The Balaban J connectivity index is 1.33. The van der Waals surface area contributed by atoms with Crippen LogP contribution in [0.4, 0.5) is 0 Å². The molecule has 0 aliphatic heterocycles. The molecule has 0 saturated heterocycles. The molecule has 1 aromatic heterocycles. The van der Waals surface area contributed by atoms with Crippen LogP contribution in [0.15, 0.2) is 59.1 Å². The van der Waals surface area contributed by atoms with E-state index in [-0.39, 0.29) is 24.2 Å². The second-order valence-corrected chi connectivity index (χ2v) is 7.02. The maximum Gasteiger partial charge on any atom is 0.273 e. The van der Waals surface area contributed by atoms with Gasteiger partial charge in [-0.15, -0.1) is 0 Å². The number of amides is 1. The third kappa shape index (κ3) is 3.87. The summed E-state index contributed by atoms with van der Waals surface area (Å²) in [6, 6.07) is 18.0. The predicted molar refractivity (Wildman–Crippen MR) is 102 cm³/mol. The first-order chi connectivity index (χ1) is 13.1. The molecule has 5 heteroatoms. The van der Waals surface area contributed by atoms with E-state index in [0.717, 1.165) is 23.3 Å². The number of ether oxygens (including phenoxy) is 1. The van der Waals surface area contributed by atoms with Crippen LogP contribution in [0.5, 0.6) is 5.75 Å². The number of benzene rings is 2. The number of carbonyl (C=O) groups is 1. The van der Waals surface area contributed by atoms with Gasteiger partial charge in [-0.25, -0.2) is 0 Å². The third-order valence-corrected chi connectivity index (χ3v) is 4.89. The lowest BCUT2D eigenvalue weighted by atomic mass is 10.1. The average molecular weight is 362 g/mol. The smallest absolute Gasteiger partial charge is 0.273 e. The van der Waals surface area contributed by atoms with Gasteiger partial charge in [0.25, 0.3) is 5.91 Å². The molecule has 4 rings (SSSR count). The number of hydrogen-bond donors (Lipinski definition) is 1. The van der Waals surface area contributed by atoms with Crippen molar-refractivity contribution in [3.05, 3.63) is 82.7 Å². The topological polar surface area (TPSA) is 64.4 Å². The Morgan fingerprint density at radius 2 is 1.89 bits per heavy atom. The number of carbonyl (C=O) groups excluding carboxylic acids is 1. The summed E-state index contributed by atoms with van der Waals surface area (Å²) in [6.07, 6.45) is 0.954. The molecule has 138 valence electrons. The highest BCUT2D eigenvalue weighted by atomic mass is 16.5. The maximum absolute atomic E-state index is 12.4. The molecule has 2 aromatic carbocycles. The van der Waals surface area contributed by atoms with Crippen molar-refractivity contribution in [3.8, 4) is 5.75 Å². The number of aromatic nitrogens is 1. The van der Waals surface area contributed by atoms with Crippen LogP contribution in [0.2, 0.25) is 0 Å². The van der Waals surface area contributed by atoms with Crippen molar-refractivity contribution in [1.29, 1.82) is 0 Å². The molecule has 0 unspecified atom stereocenters. The van der Waals surface area contributed by atoms with Crippen LogP contribution in [0.25, 0.3) is 0 Å². The number of nitrogens with zero attached hydrogens (tertiary/aromatic N) is 1. The number of nitrogens with one attached hydrogen (secondary N) is 1. The van der Waals surface area contributed by atoms with Crippen molar-refractivity contribution in [2.45, 2.75) is 38.8 Å². The highest BCUT2D eigenvalue weighted by Gasteiger charge is 2.39. The van der Waals surface area contributed by atoms with Gasteiger partial charge in [0.05, 0.1) is 0 Å². The van der Waals surface area contributed by atoms with Gasteiger partial charge in [0.15, 0.2) is 11.5 Å². The van der Waals surface area contributed by atoms with E-state index in [1.807, 2.05) is 50.2 Å². The molecular formula is C22H22N2O3. The summed E-state index contributed by atoms with van der Waals surface area (Å²) in [5, 5.41) is 6.91. The second-order valence-electron chi connectivity index (χ2n) is 7.02. The molecule has 5 nitrogen and oxygen atoms in total. The molecule has 1 aliphatic carbocycles. The largest absolute Gasteiger partial charge is 0.485 e. The van der Waals surface area contributed by atoms with Crippen molar-refractivity contribution in [2.24, 2.45) is 0 Å². The molecular weight excluding hydrogens is 340 g/mol. The fourth-order valence-corrected chi connectivity index (χ4v) is 3.32. The summed E-state index contributed by atoms with van der Waals surface area (Å²) >= 11 is 0. The van der Waals surface area contributed by atoms with E-state index >= 15 is 0 Å². The molecule has 1 N–H and O–H groups in total. The highest BCUT2D eigenvalue weighted by Crippen LogP contribution is 2.40. The number of para-hydroxylation sites is 1. The van der Waals surface area contributed by atoms with Gasteiger partial charge < -0.3 is 14.6 Å². The minimum Gasteiger partial charge on any atom is -0.485 e. The molecule has 1 heterocycles. The van der Waals surface area contributed by atoms with Gasteiger partial charge in [-0.05, 0) is 37.0 Å². The number of aryl methyl sites for hydroxylation is 2. The van der Waals surface area contributed by atoms with E-state index in [4.69, 9.17) is 9.26 Å². The van der Waals surface area contributed by atoms with Crippen LogP contribution >= 0.6 is 0 Å². The van der Waals surface area contributed by atoms with E-state index in [1.54, 1.807) is 6.07 Å². The SMILES string of the molecule is Cc1cccc(C)c1OCc1cc(C(=O)N[C@@H]2C[C@H]2c2ccccc2)no1. The van der Waals surface area contributed by atoms with Gasteiger partial charge in [0, 0.05) is 18.0 Å². The molecule has 3 aromatic rings. The molecule has 0 bridgehead atoms. The van der Waals surface area contributed by atoms with Crippen molar-refractivity contribution < 1.29 is 14.1 Å². The Morgan fingerprint density at radius 1 is 1.15 bits per heavy atom. The third-order valence-electron chi connectivity index (χ3n) is 4.89. The monoisotopic (exact) mass is 362 g/mol. The fourth-order valence-electron chi connectivity index (χ4n) is 3.32. The first-order valence-corrected chi connectivity index (χ1v) is 9.12. The Kier molecular flexibility index (Phi) is 4.67. The summed E-state index contributed by atoms with van der Waals surface area (Å²) < 4.78 is 11.1. The standard InChI is InChI=1S/C22H22N2O3/c1-14-7-6-8-15(2)21(14)26-13-17-11-20(24-27-17)22(25)23-19-12-18(19)16-9-4-3-5-10-16/h3-11,18-19H,12-13H2,1-2H3,(H,23,25)/t18-,19+/m0/s1. The van der Waals surface area contributed by atoms with E-state index < -0.39 is 0 Å². The Hall–Kier alpha value is -3.08. The van der Waals surface area contributed by atoms with Crippen LogP contribution in [-0.2, 0) is 6.61 Å². The van der Waals surface area contributed by atoms with E-state index in [0.29, 0.717) is 11.7 Å². The summed E-state index contributed by atoms with van der Waals surface area (Å²) in [5.41, 5.74) is 3.67. The Bertz CT molecular complexity index is 929. The minimum absolute atomic E-state index is 0.158. The van der Waals surface area contributed by atoms with E-state index in [1.165, 1.54) is 5.56 Å². The van der Waals surface area contributed by atoms with Crippen molar-refractivity contribution in [3.63, 3.8) is 0 Å². The maximum atomic E-state index is 12.4.